The number of rotatable bonds is 6. The highest BCUT2D eigenvalue weighted by atomic mass is 16.5. The van der Waals surface area contributed by atoms with Crippen molar-refractivity contribution in [3.8, 4) is 16.9 Å². The second kappa shape index (κ2) is 8.37. The molecule has 1 aliphatic rings. The lowest BCUT2D eigenvalue weighted by atomic mass is 9.99. The zero-order chi connectivity index (χ0) is 18.5. The van der Waals surface area contributed by atoms with Crippen LogP contribution in [-0.2, 0) is 4.74 Å². The number of nitrogens with zero attached hydrogens (tertiary/aromatic N) is 1. The molecule has 2 aromatic rings. The van der Waals surface area contributed by atoms with Gasteiger partial charge in [0.05, 0.1) is 13.2 Å². The summed E-state index contributed by atoms with van der Waals surface area (Å²) in [6.07, 6.45) is 2.31. The molecule has 0 spiro atoms. The van der Waals surface area contributed by atoms with Crippen molar-refractivity contribution in [2.75, 3.05) is 26.8 Å². The molecule has 1 heterocycles. The van der Waals surface area contributed by atoms with Crippen LogP contribution >= 0.6 is 0 Å². The normalized spacial score (nSPS) is 16.5. The van der Waals surface area contributed by atoms with E-state index in [1.807, 2.05) is 48.2 Å². The molecule has 4 nitrogen and oxygen atoms in total. The molecular weight excluding hydrogens is 326 g/mol. The average Bonchev–Trinajstić information content (AvgIpc) is 3.19. The van der Waals surface area contributed by atoms with Crippen molar-refractivity contribution in [2.24, 2.45) is 0 Å². The Morgan fingerprint density at radius 2 is 2.00 bits per heavy atom. The van der Waals surface area contributed by atoms with Crippen LogP contribution in [0.15, 0.2) is 42.5 Å². The molecule has 4 heteroatoms. The molecule has 0 radical (unpaired) electrons. The van der Waals surface area contributed by atoms with Crippen molar-refractivity contribution in [2.45, 2.75) is 32.8 Å². The number of methoxy groups -OCH3 is 1. The van der Waals surface area contributed by atoms with E-state index in [1.165, 1.54) is 0 Å². The quantitative estimate of drug-likeness (QED) is 0.777. The second-order valence-electron chi connectivity index (χ2n) is 6.74. The van der Waals surface area contributed by atoms with E-state index in [1.54, 1.807) is 7.11 Å². The molecule has 1 atom stereocenters. The molecule has 0 bridgehead atoms. The summed E-state index contributed by atoms with van der Waals surface area (Å²) in [5, 5.41) is 0. The molecule has 26 heavy (non-hydrogen) atoms. The first-order valence-corrected chi connectivity index (χ1v) is 9.28. The highest BCUT2D eigenvalue weighted by Crippen LogP contribution is 2.27. The Balaban J connectivity index is 1.74. The third-order valence-corrected chi connectivity index (χ3v) is 4.99. The van der Waals surface area contributed by atoms with Gasteiger partial charge in [0.25, 0.3) is 5.91 Å². The Morgan fingerprint density at radius 1 is 1.23 bits per heavy atom. The van der Waals surface area contributed by atoms with Crippen LogP contribution in [0.3, 0.4) is 0 Å². The molecule has 0 aromatic heterocycles. The van der Waals surface area contributed by atoms with Crippen LogP contribution in [-0.4, -0.2) is 43.7 Å². The van der Waals surface area contributed by atoms with Crippen molar-refractivity contribution >= 4 is 5.91 Å². The fourth-order valence-electron chi connectivity index (χ4n) is 3.45. The topological polar surface area (TPSA) is 38.8 Å². The van der Waals surface area contributed by atoms with Gasteiger partial charge in [-0.05, 0) is 67.6 Å². The standard InChI is InChI=1S/C22H27NO3/c1-4-23(15-20-6-5-13-26-20)22(24)18-9-7-17(8-10-18)21-12-11-19(25-3)14-16(21)2/h7-12,14,20H,4-6,13,15H2,1-3H3. The Kier molecular flexibility index (Phi) is 5.94. The number of amides is 1. The molecule has 1 fully saturated rings. The van der Waals surface area contributed by atoms with Gasteiger partial charge in [0, 0.05) is 25.3 Å². The molecule has 1 unspecified atom stereocenters. The maximum atomic E-state index is 12.8. The van der Waals surface area contributed by atoms with Gasteiger partial charge in [0.1, 0.15) is 5.75 Å². The summed E-state index contributed by atoms with van der Waals surface area (Å²) in [6, 6.07) is 13.9. The van der Waals surface area contributed by atoms with Gasteiger partial charge in [0.2, 0.25) is 0 Å². The summed E-state index contributed by atoms with van der Waals surface area (Å²) in [5.74, 6) is 0.923. The second-order valence-corrected chi connectivity index (χ2v) is 6.74. The van der Waals surface area contributed by atoms with Crippen molar-refractivity contribution in [1.82, 2.24) is 4.90 Å². The summed E-state index contributed by atoms with van der Waals surface area (Å²) in [4.78, 5) is 14.7. The smallest absolute Gasteiger partial charge is 0.253 e. The monoisotopic (exact) mass is 353 g/mol. The Hall–Kier alpha value is -2.33. The third kappa shape index (κ3) is 4.07. The van der Waals surface area contributed by atoms with Gasteiger partial charge in [-0.2, -0.15) is 0 Å². The summed E-state index contributed by atoms with van der Waals surface area (Å²) in [5.41, 5.74) is 4.12. The maximum Gasteiger partial charge on any atom is 0.253 e. The predicted molar refractivity (Wildman–Crippen MR) is 104 cm³/mol. The van der Waals surface area contributed by atoms with Gasteiger partial charge >= 0.3 is 0 Å². The van der Waals surface area contributed by atoms with E-state index < -0.39 is 0 Å². The van der Waals surface area contributed by atoms with E-state index in [0.717, 1.165) is 47.5 Å². The Morgan fingerprint density at radius 3 is 2.58 bits per heavy atom. The number of hydrogen-bond donors (Lipinski definition) is 0. The highest BCUT2D eigenvalue weighted by Gasteiger charge is 2.22. The van der Waals surface area contributed by atoms with E-state index in [9.17, 15) is 4.79 Å². The number of hydrogen-bond acceptors (Lipinski definition) is 3. The fourth-order valence-corrected chi connectivity index (χ4v) is 3.45. The van der Waals surface area contributed by atoms with E-state index in [4.69, 9.17) is 9.47 Å². The van der Waals surface area contributed by atoms with Gasteiger partial charge < -0.3 is 14.4 Å². The number of likely N-dealkylation sites (N-methyl/N-ethyl adjacent to an activating group) is 1. The lowest BCUT2D eigenvalue weighted by molar-refractivity contribution is 0.0539. The summed E-state index contributed by atoms with van der Waals surface area (Å²) in [6.45, 7) is 6.26. The number of benzene rings is 2. The van der Waals surface area contributed by atoms with Crippen molar-refractivity contribution < 1.29 is 14.3 Å². The van der Waals surface area contributed by atoms with Gasteiger partial charge in [-0.3, -0.25) is 4.79 Å². The zero-order valence-corrected chi connectivity index (χ0v) is 15.8. The molecule has 0 aliphatic carbocycles. The van der Waals surface area contributed by atoms with E-state index in [-0.39, 0.29) is 12.0 Å². The number of carbonyl (C=O) groups is 1. The van der Waals surface area contributed by atoms with Crippen LogP contribution < -0.4 is 4.74 Å². The van der Waals surface area contributed by atoms with E-state index >= 15 is 0 Å². The number of aryl methyl sites for hydroxylation is 1. The lowest BCUT2D eigenvalue weighted by Crippen LogP contribution is -2.37. The molecule has 1 aliphatic heterocycles. The first-order valence-electron chi connectivity index (χ1n) is 9.28. The minimum atomic E-state index is 0.0704. The largest absolute Gasteiger partial charge is 0.497 e. The minimum absolute atomic E-state index is 0.0704. The average molecular weight is 353 g/mol. The summed E-state index contributed by atoms with van der Waals surface area (Å²) < 4.78 is 10.9. The molecule has 0 N–H and O–H groups in total. The van der Waals surface area contributed by atoms with Crippen LogP contribution in [0.25, 0.3) is 11.1 Å². The van der Waals surface area contributed by atoms with Crippen LogP contribution in [0, 0.1) is 6.92 Å². The fraction of sp³-hybridized carbons (Fsp3) is 0.409. The van der Waals surface area contributed by atoms with Crippen molar-refractivity contribution in [3.05, 3.63) is 53.6 Å². The van der Waals surface area contributed by atoms with Gasteiger partial charge in [0.15, 0.2) is 0 Å². The van der Waals surface area contributed by atoms with Gasteiger partial charge in [-0.15, -0.1) is 0 Å². The lowest BCUT2D eigenvalue weighted by Gasteiger charge is -2.24. The van der Waals surface area contributed by atoms with E-state index in [2.05, 4.69) is 13.0 Å². The van der Waals surface area contributed by atoms with E-state index in [0.29, 0.717) is 13.1 Å². The van der Waals surface area contributed by atoms with Crippen LogP contribution in [0.1, 0.15) is 35.7 Å². The van der Waals surface area contributed by atoms with Gasteiger partial charge in [-0.25, -0.2) is 0 Å². The summed E-state index contributed by atoms with van der Waals surface area (Å²) >= 11 is 0. The first-order chi connectivity index (χ1) is 12.6. The van der Waals surface area contributed by atoms with Crippen LogP contribution in [0.2, 0.25) is 0 Å². The van der Waals surface area contributed by atoms with Crippen molar-refractivity contribution in [1.29, 1.82) is 0 Å². The molecule has 138 valence electrons. The Bertz CT molecular complexity index is 748. The molecule has 2 aromatic carbocycles. The SMILES string of the molecule is CCN(CC1CCCO1)C(=O)c1ccc(-c2ccc(OC)cc2C)cc1. The molecule has 3 rings (SSSR count). The Labute approximate surface area is 155 Å². The predicted octanol–water partition coefficient (Wildman–Crippen LogP) is 4.31. The number of carbonyl (C=O) groups excluding carboxylic acids is 1. The van der Waals surface area contributed by atoms with Crippen LogP contribution in [0.4, 0.5) is 0 Å². The molecule has 0 saturated carbocycles. The van der Waals surface area contributed by atoms with Crippen molar-refractivity contribution in [3.63, 3.8) is 0 Å². The first kappa shape index (κ1) is 18.5. The highest BCUT2D eigenvalue weighted by molar-refractivity contribution is 5.94. The number of ether oxygens (including phenoxy) is 2. The molecule has 1 saturated heterocycles. The molecular formula is C22H27NO3. The zero-order valence-electron chi connectivity index (χ0n) is 15.8. The molecule has 1 amide bonds. The summed E-state index contributed by atoms with van der Waals surface area (Å²) in [7, 11) is 1.67. The maximum absolute atomic E-state index is 12.8. The van der Waals surface area contributed by atoms with Gasteiger partial charge in [-0.1, -0.05) is 18.2 Å². The minimum Gasteiger partial charge on any atom is -0.497 e. The third-order valence-electron chi connectivity index (χ3n) is 4.99. The van der Waals surface area contributed by atoms with Crippen LogP contribution in [0.5, 0.6) is 5.75 Å².